The second-order valence-electron chi connectivity index (χ2n) is 5.92. The summed E-state index contributed by atoms with van der Waals surface area (Å²) >= 11 is 6.11. The lowest BCUT2D eigenvalue weighted by Crippen LogP contribution is -2.37. The van der Waals surface area contributed by atoms with E-state index in [0.29, 0.717) is 5.02 Å². The number of fused-ring (bicyclic) bond motifs is 1. The first-order valence-corrected chi connectivity index (χ1v) is 7.32. The molecule has 0 radical (unpaired) electrons. The minimum absolute atomic E-state index is 0.0768. The van der Waals surface area contributed by atoms with Crippen molar-refractivity contribution in [3.05, 3.63) is 58.9 Å². The fourth-order valence-electron chi connectivity index (χ4n) is 2.73. The molecule has 2 nitrogen and oxygen atoms in total. The van der Waals surface area contributed by atoms with Crippen molar-refractivity contribution in [3.63, 3.8) is 0 Å². The first-order chi connectivity index (χ1) is 9.94. The van der Waals surface area contributed by atoms with Crippen LogP contribution in [0.1, 0.15) is 31.9 Å². The summed E-state index contributed by atoms with van der Waals surface area (Å²) in [5, 5.41) is 3.80. The van der Waals surface area contributed by atoms with Crippen molar-refractivity contribution in [1.82, 2.24) is 0 Å². The lowest BCUT2D eigenvalue weighted by atomic mass is 9.89. The van der Waals surface area contributed by atoms with Crippen LogP contribution >= 0.6 is 11.6 Å². The summed E-state index contributed by atoms with van der Waals surface area (Å²) in [7, 11) is 0. The maximum absolute atomic E-state index is 13.2. The van der Waals surface area contributed by atoms with E-state index in [-0.39, 0.29) is 17.5 Å². The van der Waals surface area contributed by atoms with Crippen LogP contribution in [0.5, 0.6) is 5.75 Å². The quantitative estimate of drug-likeness (QED) is 0.824. The Hall–Kier alpha value is -1.74. The van der Waals surface area contributed by atoms with Crippen molar-refractivity contribution in [2.24, 2.45) is 0 Å². The molecule has 1 unspecified atom stereocenters. The Morgan fingerprint density at radius 1 is 1.24 bits per heavy atom. The van der Waals surface area contributed by atoms with Gasteiger partial charge < -0.3 is 10.1 Å². The Morgan fingerprint density at radius 3 is 2.76 bits per heavy atom. The Labute approximate surface area is 128 Å². The SMILES string of the molecule is CC1(C)CC(Nc2ccc(F)cc2Cl)c2ccccc2O1. The minimum Gasteiger partial charge on any atom is -0.487 e. The fourth-order valence-corrected chi connectivity index (χ4v) is 2.95. The maximum atomic E-state index is 13.2. The molecule has 1 heterocycles. The zero-order valence-electron chi connectivity index (χ0n) is 12.0. The molecule has 4 heteroatoms. The standard InChI is InChI=1S/C17H17ClFNO/c1-17(2)10-15(12-5-3-4-6-16(12)21-17)20-14-8-7-11(19)9-13(14)18/h3-9,15,20H,10H2,1-2H3. The second kappa shape index (κ2) is 5.23. The second-order valence-corrected chi connectivity index (χ2v) is 6.33. The molecule has 0 aromatic heterocycles. The number of para-hydroxylation sites is 1. The molecule has 0 amide bonds. The van der Waals surface area contributed by atoms with E-state index < -0.39 is 0 Å². The number of hydrogen-bond donors (Lipinski definition) is 1. The van der Waals surface area contributed by atoms with Gasteiger partial charge in [-0.2, -0.15) is 0 Å². The highest BCUT2D eigenvalue weighted by atomic mass is 35.5. The molecule has 2 aromatic rings. The first-order valence-electron chi connectivity index (χ1n) is 6.94. The van der Waals surface area contributed by atoms with Crippen LogP contribution in [0.3, 0.4) is 0 Å². The Morgan fingerprint density at radius 2 is 2.00 bits per heavy atom. The predicted octanol–water partition coefficient (Wildman–Crippen LogP) is 5.19. The van der Waals surface area contributed by atoms with Crippen LogP contribution in [-0.2, 0) is 0 Å². The normalized spacial score (nSPS) is 19.5. The van der Waals surface area contributed by atoms with Crippen LogP contribution in [0.25, 0.3) is 0 Å². The number of hydrogen-bond acceptors (Lipinski definition) is 2. The van der Waals surface area contributed by atoms with Crippen molar-refractivity contribution in [2.75, 3.05) is 5.32 Å². The summed E-state index contributed by atoms with van der Waals surface area (Å²) in [6.45, 7) is 4.12. The third-order valence-electron chi connectivity index (χ3n) is 3.64. The van der Waals surface area contributed by atoms with E-state index in [0.717, 1.165) is 23.4 Å². The molecule has 1 atom stereocenters. The molecule has 1 aliphatic heterocycles. The van der Waals surface area contributed by atoms with Crippen molar-refractivity contribution < 1.29 is 9.13 Å². The molecule has 3 rings (SSSR count). The molecule has 1 aliphatic rings. The van der Waals surface area contributed by atoms with Crippen LogP contribution in [0, 0.1) is 5.82 Å². The van der Waals surface area contributed by atoms with Crippen LogP contribution in [0.2, 0.25) is 5.02 Å². The maximum Gasteiger partial charge on any atom is 0.125 e. The van der Waals surface area contributed by atoms with Gasteiger partial charge in [-0.05, 0) is 38.1 Å². The minimum atomic E-state index is -0.335. The van der Waals surface area contributed by atoms with Gasteiger partial charge >= 0.3 is 0 Å². The summed E-state index contributed by atoms with van der Waals surface area (Å²) < 4.78 is 19.2. The van der Waals surface area contributed by atoms with Gasteiger partial charge in [-0.15, -0.1) is 0 Å². The van der Waals surface area contributed by atoms with Crippen LogP contribution < -0.4 is 10.1 Å². The molecule has 0 spiro atoms. The molecule has 0 bridgehead atoms. The third kappa shape index (κ3) is 2.98. The van der Waals surface area contributed by atoms with E-state index in [4.69, 9.17) is 16.3 Å². The number of nitrogens with one attached hydrogen (secondary N) is 1. The summed E-state index contributed by atoms with van der Waals surface area (Å²) in [6.07, 6.45) is 0.803. The smallest absolute Gasteiger partial charge is 0.125 e. The molecule has 0 saturated heterocycles. The summed E-state index contributed by atoms with van der Waals surface area (Å²) in [5.74, 6) is 0.544. The van der Waals surface area contributed by atoms with E-state index in [2.05, 4.69) is 19.2 Å². The Kier molecular flexibility index (Phi) is 3.54. The summed E-state index contributed by atoms with van der Waals surface area (Å²) in [5.41, 5.74) is 1.56. The average molecular weight is 306 g/mol. The van der Waals surface area contributed by atoms with Gasteiger partial charge in [0.05, 0.1) is 16.8 Å². The molecule has 0 saturated carbocycles. The Bertz CT molecular complexity index is 672. The first kappa shape index (κ1) is 14.2. The van der Waals surface area contributed by atoms with E-state index in [1.165, 1.54) is 12.1 Å². The summed E-state index contributed by atoms with van der Waals surface area (Å²) in [4.78, 5) is 0. The lowest BCUT2D eigenvalue weighted by Gasteiger charge is -2.38. The summed E-state index contributed by atoms with van der Waals surface area (Å²) in [6, 6.07) is 12.4. The van der Waals surface area contributed by atoms with Crippen LogP contribution in [-0.4, -0.2) is 5.60 Å². The van der Waals surface area contributed by atoms with Crippen molar-refractivity contribution >= 4 is 17.3 Å². The highest BCUT2D eigenvalue weighted by Crippen LogP contribution is 2.41. The Balaban J connectivity index is 1.94. The van der Waals surface area contributed by atoms with Gasteiger partial charge in [0.2, 0.25) is 0 Å². The third-order valence-corrected chi connectivity index (χ3v) is 3.95. The van der Waals surface area contributed by atoms with Gasteiger partial charge in [-0.1, -0.05) is 29.8 Å². The molecule has 1 N–H and O–H groups in total. The van der Waals surface area contributed by atoms with Gasteiger partial charge in [0.1, 0.15) is 17.2 Å². The monoisotopic (exact) mass is 305 g/mol. The van der Waals surface area contributed by atoms with Crippen molar-refractivity contribution in [1.29, 1.82) is 0 Å². The molecule has 0 fully saturated rings. The van der Waals surface area contributed by atoms with Crippen LogP contribution in [0.15, 0.2) is 42.5 Å². The van der Waals surface area contributed by atoms with Gasteiger partial charge in [0.25, 0.3) is 0 Å². The zero-order valence-corrected chi connectivity index (χ0v) is 12.7. The van der Waals surface area contributed by atoms with Gasteiger partial charge in [-0.3, -0.25) is 0 Å². The number of benzene rings is 2. The molecule has 21 heavy (non-hydrogen) atoms. The van der Waals surface area contributed by atoms with E-state index >= 15 is 0 Å². The van der Waals surface area contributed by atoms with E-state index in [9.17, 15) is 4.39 Å². The van der Waals surface area contributed by atoms with Crippen molar-refractivity contribution in [2.45, 2.75) is 31.9 Å². The van der Waals surface area contributed by atoms with Gasteiger partial charge in [-0.25, -0.2) is 4.39 Å². The molecule has 110 valence electrons. The highest BCUT2D eigenvalue weighted by Gasteiger charge is 2.33. The topological polar surface area (TPSA) is 21.3 Å². The molecular formula is C17H17ClFNO. The van der Waals surface area contributed by atoms with Crippen molar-refractivity contribution in [3.8, 4) is 5.75 Å². The van der Waals surface area contributed by atoms with Gasteiger partial charge in [0, 0.05) is 12.0 Å². The lowest BCUT2D eigenvalue weighted by molar-refractivity contribution is 0.0759. The van der Waals surface area contributed by atoms with Crippen LogP contribution in [0.4, 0.5) is 10.1 Å². The fraction of sp³-hybridized carbons (Fsp3) is 0.294. The zero-order chi connectivity index (χ0) is 15.0. The highest BCUT2D eigenvalue weighted by molar-refractivity contribution is 6.33. The average Bonchev–Trinajstić information content (AvgIpc) is 2.40. The van der Waals surface area contributed by atoms with Gasteiger partial charge in [0.15, 0.2) is 0 Å². The largest absolute Gasteiger partial charge is 0.487 e. The van der Waals surface area contributed by atoms with E-state index in [1.54, 1.807) is 6.07 Å². The molecular weight excluding hydrogens is 289 g/mol. The number of halogens is 2. The number of ether oxygens (including phenoxy) is 1. The number of anilines is 1. The van der Waals surface area contributed by atoms with E-state index in [1.807, 2.05) is 24.3 Å². The molecule has 2 aromatic carbocycles. The number of rotatable bonds is 2. The molecule has 0 aliphatic carbocycles. The predicted molar refractivity (Wildman–Crippen MR) is 83.5 cm³/mol.